The molecule has 0 aliphatic heterocycles. The molecular weight excluding hydrogens is 284 g/mol. The number of furan rings is 1. The van der Waals surface area contributed by atoms with Gasteiger partial charge in [0.15, 0.2) is 10.4 Å². The Balaban J connectivity index is 1.61. The Bertz CT molecular complexity index is 518. The molecule has 5 heteroatoms. The van der Waals surface area contributed by atoms with Crippen molar-refractivity contribution in [3.8, 4) is 0 Å². The van der Waals surface area contributed by atoms with Crippen LogP contribution in [0.2, 0.25) is 0 Å². The van der Waals surface area contributed by atoms with Crippen molar-refractivity contribution in [3.63, 3.8) is 0 Å². The highest BCUT2D eigenvalue weighted by molar-refractivity contribution is 9.10. The Morgan fingerprint density at radius 2 is 2.41 bits per heavy atom. The summed E-state index contributed by atoms with van der Waals surface area (Å²) in [4.78, 5) is 11.6. The van der Waals surface area contributed by atoms with E-state index in [0.29, 0.717) is 16.5 Å². The van der Waals surface area contributed by atoms with Gasteiger partial charge in [0.25, 0.3) is 0 Å². The van der Waals surface area contributed by atoms with Gasteiger partial charge in [0.1, 0.15) is 0 Å². The first-order chi connectivity index (χ1) is 8.24. The van der Waals surface area contributed by atoms with Crippen LogP contribution in [0, 0.1) is 11.8 Å². The molecule has 2 aliphatic rings. The van der Waals surface area contributed by atoms with E-state index in [2.05, 4.69) is 38.6 Å². The fraction of sp³-hybridized carbons (Fsp3) is 0.333. The number of allylic oxidation sites excluding steroid dienone is 2. The number of rotatable bonds is 2. The Hall–Kier alpha value is -1.36. The molecule has 1 saturated carbocycles. The number of amides is 1. The van der Waals surface area contributed by atoms with E-state index in [1.54, 1.807) is 12.1 Å². The average molecular weight is 295 g/mol. The van der Waals surface area contributed by atoms with Crippen molar-refractivity contribution in [2.24, 2.45) is 16.9 Å². The quantitative estimate of drug-likeness (QED) is 0.673. The molecular formula is C12H11BrN2O2. The van der Waals surface area contributed by atoms with Crippen LogP contribution in [0.3, 0.4) is 0 Å². The topological polar surface area (TPSA) is 54.6 Å². The molecule has 88 valence electrons. The first-order valence-electron chi connectivity index (χ1n) is 5.53. The zero-order valence-electron chi connectivity index (χ0n) is 9.02. The minimum absolute atomic E-state index is 0.265. The predicted molar refractivity (Wildman–Crippen MR) is 66.7 cm³/mol. The molecule has 0 aromatic carbocycles. The summed E-state index contributed by atoms with van der Waals surface area (Å²) in [6.07, 6.45) is 6.42. The molecule has 1 heterocycles. The molecule has 0 radical (unpaired) electrons. The van der Waals surface area contributed by atoms with E-state index in [1.807, 2.05) is 0 Å². The highest BCUT2D eigenvalue weighted by Gasteiger charge is 2.38. The Kier molecular flexibility index (Phi) is 2.63. The maximum absolute atomic E-state index is 11.6. The summed E-state index contributed by atoms with van der Waals surface area (Å²) in [6, 6.07) is 3.29. The van der Waals surface area contributed by atoms with Gasteiger partial charge in [0.2, 0.25) is 0 Å². The lowest BCUT2D eigenvalue weighted by Gasteiger charge is -2.31. The SMILES string of the molecule is O=C(NN=C1C[C@H]2C=CC[C@@H]12)c1ccc(Br)o1. The van der Waals surface area contributed by atoms with Crippen molar-refractivity contribution in [2.75, 3.05) is 0 Å². The highest BCUT2D eigenvalue weighted by atomic mass is 79.9. The minimum Gasteiger partial charge on any atom is -0.444 e. The number of carbonyl (C=O) groups excluding carboxylic acids is 1. The Morgan fingerprint density at radius 3 is 3.12 bits per heavy atom. The van der Waals surface area contributed by atoms with Gasteiger partial charge >= 0.3 is 5.91 Å². The standard InChI is InChI=1S/C12H11BrN2O2/c13-11-5-4-10(17-11)12(16)15-14-9-6-7-2-1-3-8(7)9/h1-2,4-5,7-8H,3,6H2,(H,15,16)/t7-,8-/m1/s1. The molecule has 1 aromatic rings. The van der Waals surface area contributed by atoms with Crippen molar-refractivity contribution >= 4 is 27.5 Å². The molecule has 1 N–H and O–H groups in total. The summed E-state index contributed by atoms with van der Waals surface area (Å²) in [5, 5.41) is 4.16. The molecule has 2 atom stereocenters. The van der Waals surface area contributed by atoms with Gasteiger partial charge in [-0.1, -0.05) is 12.2 Å². The van der Waals surface area contributed by atoms with Crippen LogP contribution in [-0.4, -0.2) is 11.6 Å². The van der Waals surface area contributed by atoms with E-state index in [0.717, 1.165) is 18.6 Å². The van der Waals surface area contributed by atoms with E-state index >= 15 is 0 Å². The summed E-state index contributed by atoms with van der Waals surface area (Å²) in [5.41, 5.74) is 3.62. The lowest BCUT2D eigenvalue weighted by atomic mass is 9.74. The number of hydrogen-bond donors (Lipinski definition) is 1. The molecule has 3 rings (SSSR count). The normalized spacial score (nSPS) is 27.9. The summed E-state index contributed by atoms with van der Waals surface area (Å²) >= 11 is 3.15. The van der Waals surface area contributed by atoms with E-state index in [-0.39, 0.29) is 11.7 Å². The molecule has 0 bridgehead atoms. The van der Waals surface area contributed by atoms with Gasteiger partial charge in [-0.05, 0) is 46.8 Å². The van der Waals surface area contributed by atoms with Crippen molar-refractivity contribution in [1.29, 1.82) is 0 Å². The van der Waals surface area contributed by atoms with Gasteiger partial charge in [0, 0.05) is 11.6 Å². The zero-order chi connectivity index (χ0) is 11.8. The van der Waals surface area contributed by atoms with E-state index in [9.17, 15) is 4.79 Å². The first-order valence-corrected chi connectivity index (χ1v) is 6.32. The summed E-state index contributed by atoms with van der Waals surface area (Å²) in [7, 11) is 0. The van der Waals surface area contributed by atoms with Gasteiger partial charge in [-0.25, -0.2) is 5.43 Å². The molecule has 1 fully saturated rings. The van der Waals surface area contributed by atoms with Crippen LogP contribution in [-0.2, 0) is 0 Å². The second-order valence-electron chi connectivity index (χ2n) is 4.29. The smallest absolute Gasteiger partial charge is 0.307 e. The number of nitrogens with one attached hydrogen (secondary N) is 1. The van der Waals surface area contributed by atoms with Crippen LogP contribution >= 0.6 is 15.9 Å². The van der Waals surface area contributed by atoms with Gasteiger partial charge in [0.05, 0.1) is 0 Å². The maximum Gasteiger partial charge on any atom is 0.307 e. The summed E-state index contributed by atoms with van der Waals surface area (Å²) in [5.74, 6) is 1.11. The van der Waals surface area contributed by atoms with Crippen molar-refractivity contribution in [2.45, 2.75) is 12.8 Å². The number of fused-ring (bicyclic) bond motifs is 1. The molecule has 2 aliphatic carbocycles. The number of nitrogens with zero attached hydrogens (tertiary/aromatic N) is 1. The van der Waals surface area contributed by atoms with Gasteiger partial charge in [-0.15, -0.1) is 0 Å². The molecule has 0 unspecified atom stereocenters. The second kappa shape index (κ2) is 4.14. The zero-order valence-corrected chi connectivity index (χ0v) is 10.6. The molecule has 0 saturated heterocycles. The molecule has 0 spiro atoms. The highest BCUT2D eigenvalue weighted by Crippen LogP contribution is 2.40. The van der Waals surface area contributed by atoms with Crippen LogP contribution in [0.5, 0.6) is 0 Å². The van der Waals surface area contributed by atoms with Crippen molar-refractivity contribution in [3.05, 3.63) is 34.7 Å². The Labute approximate surface area is 107 Å². The monoisotopic (exact) mass is 294 g/mol. The fourth-order valence-electron chi connectivity index (χ4n) is 2.28. The number of carbonyl (C=O) groups is 1. The van der Waals surface area contributed by atoms with E-state index < -0.39 is 0 Å². The van der Waals surface area contributed by atoms with E-state index in [4.69, 9.17) is 4.42 Å². The lowest BCUT2D eigenvalue weighted by molar-refractivity contribution is 0.0925. The van der Waals surface area contributed by atoms with Crippen LogP contribution in [0.25, 0.3) is 0 Å². The first kappa shape index (κ1) is 10.8. The average Bonchev–Trinajstić information content (AvgIpc) is 2.86. The minimum atomic E-state index is -0.308. The number of hydrogen-bond acceptors (Lipinski definition) is 3. The van der Waals surface area contributed by atoms with Crippen LogP contribution < -0.4 is 5.43 Å². The molecule has 4 nitrogen and oxygen atoms in total. The number of hydrazone groups is 1. The summed E-state index contributed by atoms with van der Waals surface area (Å²) < 4.78 is 5.68. The largest absolute Gasteiger partial charge is 0.444 e. The molecule has 1 aromatic heterocycles. The summed E-state index contributed by atoms with van der Waals surface area (Å²) in [6.45, 7) is 0. The third kappa shape index (κ3) is 1.95. The van der Waals surface area contributed by atoms with Crippen molar-refractivity contribution in [1.82, 2.24) is 5.43 Å². The van der Waals surface area contributed by atoms with Gasteiger partial charge in [-0.2, -0.15) is 5.10 Å². The van der Waals surface area contributed by atoms with Crippen LogP contribution in [0.4, 0.5) is 0 Å². The fourth-order valence-corrected chi connectivity index (χ4v) is 2.58. The Morgan fingerprint density at radius 1 is 1.53 bits per heavy atom. The molecule has 1 amide bonds. The van der Waals surface area contributed by atoms with E-state index in [1.165, 1.54) is 0 Å². The maximum atomic E-state index is 11.6. The predicted octanol–water partition coefficient (Wildman–Crippen LogP) is 2.72. The second-order valence-corrected chi connectivity index (χ2v) is 5.07. The third-order valence-electron chi connectivity index (χ3n) is 3.26. The van der Waals surface area contributed by atoms with Gasteiger partial charge < -0.3 is 4.42 Å². The van der Waals surface area contributed by atoms with Crippen LogP contribution in [0.15, 0.2) is 38.5 Å². The van der Waals surface area contributed by atoms with Gasteiger partial charge in [-0.3, -0.25) is 4.79 Å². The number of halogens is 1. The van der Waals surface area contributed by atoms with Crippen LogP contribution in [0.1, 0.15) is 23.4 Å². The molecule has 17 heavy (non-hydrogen) atoms. The lowest BCUT2D eigenvalue weighted by Crippen LogP contribution is -2.35. The van der Waals surface area contributed by atoms with Crippen molar-refractivity contribution < 1.29 is 9.21 Å². The third-order valence-corrected chi connectivity index (χ3v) is 3.69.